The second-order valence-corrected chi connectivity index (χ2v) is 5.56. The SMILES string of the molecule is O=C(O)c1cc(=O)[nH]c2ccc(-c3ccc(Cl)c(Cl)c3)cc12. The van der Waals surface area contributed by atoms with Crippen molar-refractivity contribution in [1.29, 1.82) is 0 Å². The van der Waals surface area contributed by atoms with Gasteiger partial charge in [0.1, 0.15) is 0 Å². The zero-order valence-corrected chi connectivity index (χ0v) is 12.6. The molecule has 2 aromatic carbocycles. The van der Waals surface area contributed by atoms with Crippen LogP contribution in [0.5, 0.6) is 0 Å². The second-order valence-electron chi connectivity index (χ2n) is 4.74. The summed E-state index contributed by atoms with van der Waals surface area (Å²) >= 11 is 11.9. The normalized spacial score (nSPS) is 10.8. The molecule has 3 aromatic rings. The molecular formula is C16H9Cl2NO3. The lowest BCUT2D eigenvalue weighted by atomic mass is 10.0. The van der Waals surface area contributed by atoms with Gasteiger partial charge in [-0.05, 0) is 35.4 Å². The molecule has 1 heterocycles. The Morgan fingerprint density at radius 2 is 1.64 bits per heavy atom. The van der Waals surface area contributed by atoms with E-state index in [1.54, 1.807) is 36.4 Å². The summed E-state index contributed by atoms with van der Waals surface area (Å²) in [5, 5.41) is 10.6. The summed E-state index contributed by atoms with van der Waals surface area (Å²) in [5.41, 5.74) is 1.56. The van der Waals surface area contributed by atoms with E-state index in [1.165, 1.54) is 0 Å². The van der Waals surface area contributed by atoms with Gasteiger partial charge in [-0.1, -0.05) is 35.3 Å². The van der Waals surface area contributed by atoms with Gasteiger partial charge in [0.2, 0.25) is 5.56 Å². The van der Waals surface area contributed by atoms with Crippen molar-refractivity contribution in [2.45, 2.75) is 0 Å². The number of hydrogen-bond acceptors (Lipinski definition) is 2. The lowest BCUT2D eigenvalue weighted by Gasteiger charge is -2.07. The van der Waals surface area contributed by atoms with Crippen LogP contribution in [0.2, 0.25) is 10.0 Å². The summed E-state index contributed by atoms with van der Waals surface area (Å²) in [5.74, 6) is -1.15. The number of hydrogen-bond donors (Lipinski definition) is 2. The van der Waals surface area contributed by atoms with E-state index in [1.807, 2.05) is 0 Å². The summed E-state index contributed by atoms with van der Waals surface area (Å²) in [6.07, 6.45) is 0. The molecule has 0 amide bonds. The zero-order valence-electron chi connectivity index (χ0n) is 11.1. The molecule has 0 spiro atoms. The highest BCUT2D eigenvalue weighted by Gasteiger charge is 2.12. The van der Waals surface area contributed by atoms with E-state index in [2.05, 4.69) is 4.98 Å². The van der Waals surface area contributed by atoms with Gasteiger partial charge in [-0.25, -0.2) is 4.79 Å². The van der Waals surface area contributed by atoms with Gasteiger partial charge in [0.25, 0.3) is 0 Å². The summed E-state index contributed by atoms with van der Waals surface area (Å²) in [6.45, 7) is 0. The maximum atomic E-state index is 11.5. The number of halogens is 2. The first kappa shape index (κ1) is 14.6. The van der Waals surface area contributed by atoms with Crippen LogP contribution in [0.4, 0.5) is 0 Å². The quantitative estimate of drug-likeness (QED) is 0.738. The predicted octanol–water partition coefficient (Wildman–Crippen LogP) is 4.20. The van der Waals surface area contributed by atoms with Gasteiger partial charge in [0, 0.05) is 17.0 Å². The smallest absolute Gasteiger partial charge is 0.336 e. The molecule has 0 radical (unpaired) electrons. The second kappa shape index (κ2) is 5.48. The molecule has 2 N–H and O–H groups in total. The number of carbonyl (C=O) groups is 1. The number of carboxylic acids is 1. The standard InChI is InChI=1S/C16H9Cl2NO3/c17-12-3-1-9(6-13(12)18)8-2-4-14-10(5-8)11(16(21)22)7-15(20)19-14/h1-7H,(H,19,20)(H,21,22). The minimum atomic E-state index is -1.15. The maximum absolute atomic E-state index is 11.5. The first-order valence-corrected chi connectivity index (χ1v) is 7.07. The van der Waals surface area contributed by atoms with Crippen molar-refractivity contribution in [3.63, 3.8) is 0 Å². The Labute approximate surface area is 134 Å². The van der Waals surface area contributed by atoms with Gasteiger partial charge >= 0.3 is 5.97 Å². The van der Waals surface area contributed by atoms with Crippen LogP contribution in [0, 0.1) is 0 Å². The number of carboxylic acid groups (broad SMARTS) is 1. The third-order valence-corrected chi connectivity index (χ3v) is 4.07. The van der Waals surface area contributed by atoms with Gasteiger partial charge in [0.15, 0.2) is 0 Å². The molecule has 0 aliphatic carbocycles. The van der Waals surface area contributed by atoms with E-state index in [0.717, 1.165) is 17.2 Å². The van der Waals surface area contributed by atoms with Gasteiger partial charge in [-0.2, -0.15) is 0 Å². The van der Waals surface area contributed by atoms with Gasteiger partial charge in [-0.3, -0.25) is 4.79 Å². The first-order valence-electron chi connectivity index (χ1n) is 6.31. The third-order valence-electron chi connectivity index (χ3n) is 3.33. The van der Waals surface area contributed by atoms with Crippen molar-refractivity contribution in [3.8, 4) is 11.1 Å². The van der Waals surface area contributed by atoms with Crippen LogP contribution in [0.1, 0.15) is 10.4 Å². The Morgan fingerprint density at radius 1 is 0.955 bits per heavy atom. The van der Waals surface area contributed by atoms with E-state index in [-0.39, 0.29) is 5.56 Å². The highest BCUT2D eigenvalue weighted by atomic mass is 35.5. The van der Waals surface area contributed by atoms with Crippen molar-refractivity contribution in [2.75, 3.05) is 0 Å². The maximum Gasteiger partial charge on any atom is 0.336 e. The lowest BCUT2D eigenvalue weighted by Crippen LogP contribution is -2.10. The molecule has 0 saturated carbocycles. The summed E-state index contributed by atoms with van der Waals surface area (Å²) in [6, 6.07) is 11.4. The molecule has 1 aromatic heterocycles. The Hall–Kier alpha value is -2.30. The first-order chi connectivity index (χ1) is 10.5. The number of rotatable bonds is 2. The zero-order chi connectivity index (χ0) is 15.9. The fraction of sp³-hybridized carbons (Fsp3) is 0. The van der Waals surface area contributed by atoms with Crippen LogP contribution in [-0.4, -0.2) is 16.1 Å². The predicted molar refractivity (Wildman–Crippen MR) is 87.0 cm³/mol. The average Bonchev–Trinajstić information content (AvgIpc) is 2.48. The highest BCUT2D eigenvalue weighted by molar-refractivity contribution is 6.42. The molecule has 0 bridgehead atoms. The summed E-state index contributed by atoms with van der Waals surface area (Å²) in [7, 11) is 0. The van der Waals surface area contributed by atoms with E-state index < -0.39 is 11.5 Å². The van der Waals surface area contributed by atoms with Crippen molar-refractivity contribution >= 4 is 40.1 Å². The average molecular weight is 334 g/mol. The largest absolute Gasteiger partial charge is 0.478 e. The molecule has 4 nitrogen and oxygen atoms in total. The van der Waals surface area contributed by atoms with Gasteiger partial charge < -0.3 is 10.1 Å². The van der Waals surface area contributed by atoms with Crippen molar-refractivity contribution < 1.29 is 9.90 Å². The lowest BCUT2D eigenvalue weighted by molar-refractivity contribution is 0.0699. The van der Waals surface area contributed by atoms with E-state index in [4.69, 9.17) is 23.2 Å². The van der Waals surface area contributed by atoms with Crippen LogP contribution in [0.15, 0.2) is 47.3 Å². The molecule has 22 heavy (non-hydrogen) atoms. The van der Waals surface area contributed by atoms with Crippen LogP contribution in [0.25, 0.3) is 22.0 Å². The highest BCUT2D eigenvalue weighted by Crippen LogP contribution is 2.30. The number of fused-ring (bicyclic) bond motifs is 1. The van der Waals surface area contributed by atoms with Crippen LogP contribution in [0.3, 0.4) is 0 Å². The number of aromatic nitrogens is 1. The molecule has 3 rings (SSSR count). The molecule has 0 unspecified atom stereocenters. The number of benzene rings is 2. The van der Waals surface area contributed by atoms with Gasteiger partial charge in [-0.15, -0.1) is 0 Å². The Balaban J connectivity index is 2.26. The Morgan fingerprint density at radius 3 is 2.32 bits per heavy atom. The van der Waals surface area contributed by atoms with Crippen LogP contribution < -0.4 is 5.56 Å². The van der Waals surface area contributed by atoms with Gasteiger partial charge in [0.05, 0.1) is 15.6 Å². The fourth-order valence-corrected chi connectivity index (χ4v) is 2.58. The molecule has 6 heteroatoms. The number of nitrogens with one attached hydrogen (secondary N) is 1. The molecule has 110 valence electrons. The molecular weight excluding hydrogens is 325 g/mol. The van der Waals surface area contributed by atoms with E-state index in [9.17, 15) is 14.7 Å². The molecule has 0 aliphatic rings. The van der Waals surface area contributed by atoms with E-state index in [0.29, 0.717) is 20.9 Å². The fourth-order valence-electron chi connectivity index (χ4n) is 2.29. The van der Waals surface area contributed by atoms with Crippen molar-refractivity contribution in [3.05, 3.63) is 68.4 Å². The number of H-pyrrole nitrogens is 1. The van der Waals surface area contributed by atoms with Crippen LogP contribution in [-0.2, 0) is 0 Å². The number of aromatic carboxylic acids is 1. The van der Waals surface area contributed by atoms with Crippen molar-refractivity contribution in [1.82, 2.24) is 4.98 Å². The van der Waals surface area contributed by atoms with Crippen LogP contribution >= 0.6 is 23.2 Å². The van der Waals surface area contributed by atoms with Crippen molar-refractivity contribution in [2.24, 2.45) is 0 Å². The van der Waals surface area contributed by atoms with E-state index >= 15 is 0 Å². The topological polar surface area (TPSA) is 70.2 Å². The number of pyridine rings is 1. The molecule has 0 saturated heterocycles. The number of aromatic amines is 1. The Kier molecular flexibility index (Phi) is 3.64. The molecule has 0 fully saturated rings. The third kappa shape index (κ3) is 2.58. The summed E-state index contributed by atoms with van der Waals surface area (Å²) < 4.78 is 0. The minimum Gasteiger partial charge on any atom is -0.478 e. The summed E-state index contributed by atoms with van der Waals surface area (Å²) in [4.78, 5) is 25.4. The minimum absolute atomic E-state index is 0.0411. The molecule has 0 aliphatic heterocycles. The molecule has 0 atom stereocenters. The monoisotopic (exact) mass is 333 g/mol. The Bertz CT molecular complexity index is 963.